The number of nitrogens with zero attached hydrogens (tertiary/aromatic N) is 2. The summed E-state index contributed by atoms with van der Waals surface area (Å²) in [5.41, 5.74) is 6.83. The van der Waals surface area contributed by atoms with Crippen molar-refractivity contribution in [3.05, 3.63) is 47.8 Å². The van der Waals surface area contributed by atoms with E-state index in [2.05, 4.69) is 0 Å². The first-order chi connectivity index (χ1) is 8.63. The van der Waals surface area contributed by atoms with E-state index in [0.717, 1.165) is 5.56 Å². The number of hydrogen-bond acceptors (Lipinski definition) is 4. The summed E-state index contributed by atoms with van der Waals surface area (Å²) in [5, 5.41) is 10.1. The average molecular weight is 247 g/mol. The minimum absolute atomic E-state index is 0.258. The number of carbonyl (C=O) groups excluding carboxylic acids is 1. The lowest BCUT2D eigenvalue weighted by Crippen LogP contribution is -2.54. The molecule has 3 N–H and O–H groups in total. The van der Waals surface area contributed by atoms with Gasteiger partial charge in [0.05, 0.1) is 0 Å². The van der Waals surface area contributed by atoms with Crippen LogP contribution in [0.5, 0.6) is 0 Å². The molecule has 0 aromatic heterocycles. The van der Waals surface area contributed by atoms with Gasteiger partial charge in [0.1, 0.15) is 5.82 Å². The fourth-order valence-corrected chi connectivity index (χ4v) is 1.98. The predicted molar refractivity (Wildman–Crippen MR) is 67.6 cm³/mol. The van der Waals surface area contributed by atoms with E-state index in [-0.39, 0.29) is 5.91 Å². The van der Waals surface area contributed by atoms with Crippen molar-refractivity contribution in [1.82, 2.24) is 9.80 Å². The highest BCUT2D eigenvalue weighted by atomic mass is 16.3. The zero-order valence-corrected chi connectivity index (χ0v) is 10.3. The first kappa shape index (κ1) is 12.4. The Morgan fingerprint density at radius 1 is 1.28 bits per heavy atom. The summed E-state index contributed by atoms with van der Waals surface area (Å²) in [6, 6.07) is 9.68. The molecule has 0 fully saturated rings. The van der Waals surface area contributed by atoms with Crippen LogP contribution < -0.4 is 5.73 Å². The fourth-order valence-electron chi connectivity index (χ4n) is 1.98. The molecule has 96 valence electrons. The van der Waals surface area contributed by atoms with Crippen molar-refractivity contribution in [2.75, 3.05) is 6.54 Å². The Kier molecular flexibility index (Phi) is 3.53. The quantitative estimate of drug-likeness (QED) is 0.812. The topological polar surface area (TPSA) is 69.8 Å². The zero-order chi connectivity index (χ0) is 13.1. The molecule has 5 heteroatoms. The van der Waals surface area contributed by atoms with Crippen LogP contribution in [0.25, 0.3) is 0 Å². The summed E-state index contributed by atoms with van der Waals surface area (Å²) in [4.78, 5) is 14.6. The third kappa shape index (κ3) is 2.31. The van der Waals surface area contributed by atoms with Crippen LogP contribution in [0.1, 0.15) is 12.5 Å². The average Bonchev–Trinajstić information content (AvgIpc) is 2.36. The third-order valence-electron chi connectivity index (χ3n) is 2.98. The Hall–Kier alpha value is -2.01. The Morgan fingerprint density at radius 3 is 2.56 bits per heavy atom. The standard InChI is InChI=1S/C13H17N3O2/c1-2-15-12(17)8-11(14)16(13(15)18)9-10-6-4-3-5-7-10/h3-8,13,18H,2,9,14H2,1H3. The molecular formula is C13H17N3O2. The number of amides is 1. The maximum Gasteiger partial charge on any atom is 0.253 e. The highest BCUT2D eigenvalue weighted by Gasteiger charge is 2.30. The van der Waals surface area contributed by atoms with E-state index < -0.39 is 6.35 Å². The van der Waals surface area contributed by atoms with Crippen molar-refractivity contribution in [2.24, 2.45) is 5.73 Å². The van der Waals surface area contributed by atoms with Crippen LogP contribution in [-0.4, -0.2) is 33.7 Å². The van der Waals surface area contributed by atoms with Crippen LogP contribution in [-0.2, 0) is 11.3 Å². The van der Waals surface area contributed by atoms with E-state index in [4.69, 9.17) is 5.73 Å². The van der Waals surface area contributed by atoms with Crippen LogP contribution in [0.3, 0.4) is 0 Å². The normalized spacial score (nSPS) is 20.0. The minimum atomic E-state index is -1.01. The zero-order valence-electron chi connectivity index (χ0n) is 10.3. The first-order valence-electron chi connectivity index (χ1n) is 5.90. The Balaban J connectivity index is 2.21. The van der Waals surface area contributed by atoms with Crippen molar-refractivity contribution in [3.63, 3.8) is 0 Å². The summed E-state index contributed by atoms with van der Waals surface area (Å²) in [6.07, 6.45) is 0.340. The van der Waals surface area contributed by atoms with Crippen molar-refractivity contribution in [3.8, 4) is 0 Å². The van der Waals surface area contributed by atoms with Crippen LogP contribution in [0.4, 0.5) is 0 Å². The SMILES string of the molecule is CCN1C(=O)C=C(N)N(Cc2ccccc2)C1O. The van der Waals surface area contributed by atoms with Gasteiger partial charge in [-0.2, -0.15) is 0 Å². The number of benzene rings is 1. The first-order valence-corrected chi connectivity index (χ1v) is 5.90. The van der Waals surface area contributed by atoms with Gasteiger partial charge in [0.25, 0.3) is 5.91 Å². The van der Waals surface area contributed by atoms with Crippen molar-refractivity contribution in [2.45, 2.75) is 19.8 Å². The molecule has 0 saturated heterocycles. The van der Waals surface area contributed by atoms with E-state index in [0.29, 0.717) is 18.9 Å². The van der Waals surface area contributed by atoms with Crippen LogP contribution in [0, 0.1) is 0 Å². The van der Waals surface area contributed by atoms with Crippen LogP contribution in [0.2, 0.25) is 0 Å². The van der Waals surface area contributed by atoms with Gasteiger partial charge in [-0.25, -0.2) is 0 Å². The monoisotopic (exact) mass is 247 g/mol. The molecule has 0 spiro atoms. The minimum Gasteiger partial charge on any atom is -0.385 e. The van der Waals surface area contributed by atoms with Gasteiger partial charge >= 0.3 is 0 Å². The van der Waals surface area contributed by atoms with E-state index in [9.17, 15) is 9.90 Å². The van der Waals surface area contributed by atoms with Gasteiger partial charge in [0, 0.05) is 19.2 Å². The molecule has 0 radical (unpaired) electrons. The molecule has 1 unspecified atom stereocenters. The van der Waals surface area contributed by atoms with Gasteiger partial charge in [0.2, 0.25) is 6.35 Å². The number of aliphatic hydroxyl groups is 1. The van der Waals surface area contributed by atoms with E-state index in [1.54, 1.807) is 4.90 Å². The fraction of sp³-hybridized carbons (Fsp3) is 0.308. The maximum absolute atomic E-state index is 11.6. The predicted octanol–water partition coefficient (Wildman–Crippen LogP) is 0.427. The van der Waals surface area contributed by atoms with Gasteiger partial charge < -0.3 is 15.7 Å². The Morgan fingerprint density at radius 2 is 1.94 bits per heavy atom. The van der Waals surface area contributed by atoms with Crippen molar-refractivity contribution in [1.29, 1.82) is 0 Å². The number of likely N-dealkylation sites (N-methyl/N-ethyl adjacent to an activating group) is 1. The smallest absolute Gasteiger partial charge is 0.253 e. The molecule has 18 heavy (non-hydrogen) atoms. The van der Waals surface area contributed by atoms with Crippen molar-refractivity contribution >= 4 is 5.91 Å². The lowest BCUT2D eigenvalue weighted by atomic mass is 10.2. The molecule has 0 saturated carbocycles. The summed E-state index contributed by atoms with van der Waals surface area (Å²) < 4.78 is 0. The highest BCUT2D eigenvalue weighted by molar-refractivity contribution is 5.89. The van der Waals surface area contributed by atoms with Gasteiger partial charge in [-0.1, -0.05) is 30.3 Å². The summed E-state index contributed by atoms with van der Waals surface area (Å²) in [5.74, 6) is 0.0351. The number of nitrogens with two attached hydrogens (primary N) is 1. The molecule has 1 aromatic carbocycles. The van der Waals surface area contributed by atoms with Crippen LogP contribution in [0.15, 0.2) is 42.2 Å². The Bertz CT molecular complexity index is 459. The van der Waals surface area contributed by atoms with E-state index in [1.165, 1.54) is 11.0 Å². The Labute approximate surface area is 106 Å². The summed E-state index contributed by atoms with van der Waals surface area (Å²) in [6.45, 7) is 2.72. The highest BCUT2D eigenvalue weighted by Crippen LogP contribution is 2.18. The molecule has 0 bridgehead atoms. The van der Waals surface area contributed by atoms with Gasteiger partial charge in [-0.3, -0.25) is 9.69 Å². The molecular weight excluding hydrogens is 230 g/mol. The van der Waals surface area contributed by atoms with Crippen LogP contribution >= 0.6 is 0 Å². The second-order valence-electron chi connectivity index (χ2n) is 4.15. The molecule has 0 aliphatic carbocycles. The van der Waals surface area contributed by atoms with Gasteiger partial charge in [-0.05, 0) is 12.5 Å². The van der Waals surface area contributed by atoms with Crippen molar-refractivity contribution < 1.29 is 9.90 Å². The molecule has 1 aliphatic rings. The largest absolute Gasteiger partial charge is 0.385 e. The van der Waals surface area contributed by atoms with E-state index >= 15 is 0 Å². The lowest BCUT2D eigenvalue weighted by molar-refractivity contribution is -0.155. The lowest BCUT2D eigenvalue weighted by Gasteiger charge is -2.39. The number of hydrogen-bond donors (Lipinski definition) is 2. The molecule has 1 heterocycles. The number of carbonyl (C=O) groups is 1. The number of aliphatic hydroxyl groups excluding tert-OH is 1. The second-order valence-corrected chi connectivity index (χ2v) is 4.15. The van der Waals surface area contributed by atoms with E-state index in [1.807, 2.05) is 37.3 Å². The molecule has 5 nitrogen and oxygen atoms in total. The summed E-state index contributed by atoms with van der Waals surface area (Å²) in [7, 11) is 0. The molecule has 2 rings (SSSR count). The van der Waals surface area contributed by atoms with Gasteiger partial charge in [-0.15, -0.1) is 0 Å². The second kappa shape index (κ2) is 5.10. The molecule has 1 atom stereocenters. The molecule has 1 aromatic rings. The molecule has 1 aliphatic heterocycles. The maximum atomic E-state index is 11.6. The summed E-state index contributed by atoms with van der Waals surface area (Å²) >= 11 is 0. The number of rotatable bonds is 3. The van der Waals surface area contributed by atoms with Gasteiger partial charge in [0.15, 0.2) is 0 Å². The molecule has 1 amide bonds. The third-order valence-corrected chi connectivity index (χ3v) is 2.98.